The van der Waals surface area contributed by atoms with E-state index in [0.29, 0.717) is 11.2 Å². The van der Waals surface area contributed by atoms with E-state index in [9.17, 15) is 9.59 Å². The minimum Gasteiger partial charge on any atom is -0.481 e. The first-order chi connectivity index (χ1) is 8.72. The standard InChI is InChI=1S/C14H12O3S/c15-7-6-12(14(16)17)13-8-11(9-18-13)10-4-2-1-3-5-10/h1-5,7-9,12H,6H2,(H,16,17). The summed E-state index contributed by atoms with van der Waals surface area (Å²) in [6, 6.07) is 11.6. The SMILES string of the molecule is O=CCC(C(=O)O)c1cc(-c2ccccc2)cs1. The molecule has 1 unspecified atom stereocenters. The molecular weight excluding hydrogens is 248 g/mol. The lowest BCUT2D eigenvalue weighted by molar-refractivity contribution is -0.139. The number of carboxylic acids is 1. The maximum absolute atomic E-state index is 11.1. The summed E-state index contributed by atoms with van der Waals surface area (Å²) in [5.41, 5.74) is 2.04. The highest BCUT2D eigenvalue weighted by atomic mass is 32.1. The van der Waals surface area contributed by atoms with Gasteiger partial charge in [0.2, 0.25) is 0 Å². The van der Waals surface area contributed by atoms with Gasteiger partial charge in [0.15, 0.2) is 0 Å². The van der Waals surface area contributed by atoms with Gasteiger partial charge in [0.05, 0.1) is 5.92 Å². The number of hydrogen-bond acceptors (Lipinski definition) is 3. The Kier molecular flexibility index (Phi) is 3.89. The lowest BCUT2D eigenvalue weighted by atomic mass is 10.0. The summed E-state index contributed by atoms with van der Waals surface area (Å²) in [7, 11) is 0. The molecule has 4 heteroatoms. The first-order valence-corrected chi connectivity index (χ1v) is 6.40. The van der Waals surface area contributed by atoms with Gasteiger partial charge >= 0.3 is 5.97 Å². The van der Waals surface area contributed by atoms with E-state index < -0.39 is 11.9 Å². The highest BCUT2D eigenvalue weighted by molar-refractivity contribution is 7.10. The zero-order valence-electron chi connectivity index (χ0n) is 9.58. The van der Waals surface area contributed by atoms with Crippen LogP contribution in [0.15, 0.2) is 41.8 Å². The van der Waals surface area contributed by atoms with Crippen LogP contribution in [0, 0.1) is 0 Å². The summed E-state index contributed by atoms with van der Waals surface area (Å²) in [5.74, 6) is -1.69. The van der Waals surface area contributed by atoms with Crippen LogP contribution in [0.5, 0.6) is 0 Å². The number of rotatable bonds is 5. The first kappa shape index (κ1) is 12.5. The summed E-state index contributed by atoms with van der Waals surface area (Å²) in [4.78, 5) is 22.3. The van der Waals surface area contributed by atoms with E-state index in [1.165, 1.54) is 11.3 Å². The number of carbonyl (C=O) groups excluding carboxylic acids is 1. The van der Waals surface area contributed by atoms with E-state index in [2.05, 4.69) is 0 Å². The Bertz CT molecular complexity index is 545. The second-order valence-corrected chi connectivity index (χ2v) is 4.84. The van der Waals surface area contributed by atoms with Gasteiger partial charge < -0.3 is 9.90 Å². The fourth-order valence-corrected chi connectivity index (χ4v) is 2.78. The molecule has 0 amide bonds. The summed E-state index contributed by atoms with van der Waals surface area (Å²) < 4.78 is 0. The van der Waals surface area contributed by atoms with Crippen molar-refractivity contribution in [3.8, 4) is 11.1 Å². The predicted octanol–water partition coefficient (Wildman–Crippen LogP) is 3.17. The Morgan fingerprint density at radius 2 is 2.00 bits per heavy atom. The van der Waals surface area contributed by atoms with Crippen molar-refractivity contribution >= 4 is 23.6 Å². The van der Waals surface area contributed by atoms with E-state index in [-0.39, 0.29) is 6.42 Å². The van der Waals surface area contributed by atoms with Gasteiger partial charge in [0.25, 0.3) is 0 Å². The summed E-state index contributed by atoms with van der Waals surface area (Å²) in [5, 5.41) is 11.0. The van der Waals surface area contributed by atoms with Gasteiger partial charge in [-0.25, -0.2) is 0 Å². The molecule has 1 aromatic carbocycles. The highest BCUT2D eigenvalue weighted by Crippen LogP contribution is 2.31. The molecule has 1 N–H and O–H groups in total. The normalized spacial score (nSPS) is 12.0. The maximum Gasteiger partial charge on any atom is 0.312 e. The predicted molar refractivity (Wildman–Crippen MR) is 70.8 cm³/mol. The average molecular weight is 260 g/mol. The van der Waals surface area contributed by atoms with Crippen molar-refractivity contribution in [3.63, 3.8) is 0 Å². The Morgan fingerprint density at radius 1 is 1.28 bits per heavy atom. The van der Waals surface area contributed by atoms with E-state index in [1.54, 1.807) is 0 Å². The average Bonchev–Trinajstić information content (AvgIpc) is 2.86. The van der Waals surface area contributed by atoms with Crippen LogP contribution in [0.4, 0.5) is 0 Å². The van der Waals surface area contributed by atoms with Crippen molar-refractivity contribution < 1.29 is 14.7 Å². The number of carboxylic acid groups (broad SMARTS) is 1. The molecule has 0 aliphatic heterocycles. The van der Waals surface area contributed by atoms with Crippen LogP contribution in [-0.2, 0) is 9.59 Å². The monoisotopic (exact) mass is 260 g/mol. The fourth-order valence-electron chi connectivity index (χ4n) is 1.75. The van der Waals surface area contributed by atoms with Gasteiger partial charge in [0.1, 0.15) is 6.29 Å². The summed E-state index contributed by atoms with van der Waals surface area (Å²) in [6.45, 7) is 0. The number of hydrogen-bond donors (Lipinski definition) is 1. The first-order valence-electron chi connectivity index (χ1n) is 5.52. The van der Waals surface area contributed by atoms with Crippen molar-refractivity contribution in [1.29, 1.82) is 0 Å². The number of carbonyl (C=O) groups is 2. The molecule has 0 saturated carbocycles. The lowest BCUT2D eigenvalue weighted by Crippen LogP contribution is -2.10. The van der Waals surface area contributed by atoms with Crippen molar-refractivity contribution in [2.24, 2.45) is 0 Å². The van der Waals surface area contributed by atoms with Gasteiger partial charge in [0, 0.05) is 11.3 Å². The van der Waals surface area contributed by atoms with E-state index in [0.717, 1.165) is 11.1 Å². The van der Waals surface area contributed by atoms with Crippen LogP contribution in [0.2, 0.25) is 0 Å². The number of benzene rings is 1. The van der Waals surface area contributed by atoms with E-state index in [1.807, 2.05) is 41.8 Å². The summed E-state index contributed by atoms with van der Waals surface area (Å²) in [6.07, 6.45) is 0.671. The Hall–Kier alpha value is -1.94. The van der Waals surface area contributed by atoms with Gasteiger partial charge in [-0.05, 0) is 22.6 Å². The van der Waals surface area contributed by atoms with Gasteiger partial charge in [-0.3, -0.25) is 4.79 Å². The second-order valence-electron chi connectivity index (χ2n) is 3.90. The molecule has 0 aliphatic rings. The molecule has 0 aliphatic carbocycles. The van der Waals surface area contributed by atoms with Crippen LogP contribution < -0.4 is 0 Å². The summed E-state index contributed by atoms with van der Waals surface area (Å²) >= 11 is 1.38. The molecule has 0 spiro atoms. The van der Waals surface area contributed by atoms with Gasteiger partial charge in [-0.2, -0.15) is 0 Å². The van der Waals surface area contributed by atoms with Gasteiger partial charge in [-0.1, -0.05) is 30.3 Å². The molecule has 0 radical (unpaired) electrons. The molecule has 0 fully saturated rings. The van der Waals surface area contributed by atoms with Crippen molar-refractivity contribution in [1.82, 2.24) is 0 Å². The molecule has 1 atom stereocenters. The third-order valence-corrected chi connectivity index (χ3v) is 3.75. The van der Waals surface area contributed by atoms with Crippen LogP contribution in [0.1, 0.15) is 17.2 Å². The maximum atomic E-state index is 11.1. The Balaban J connectivity index is 2.29. The van der Waals surface area contributed by atoms with Crippen molar-refractivity contribution in [2.75, 3.05) is 0 Å². The fraction of sp³-hybridized carbons (Fsp3) is 0.143. The number of aliphatic carboxylic acids is 1. The lowest BCUT2D eigenvalue weighted by Gasteiger charge is -2.05. The molecule has 2 aromatic rings. The van der Waals surface area contributed by atoms with Crippen molar-refractivity contribution in [2.45, 2.75) is 12.3 Å². The Labute approximate surface area is 109 Å². The Morgan fingerprint density at radius 3 is 2.61 bits per heavy atom. The largest absolute Gasteiger partial charge is 0.481 e. The molecule has 3 nitrogen and oxygen atoms in total. The second kappa shape index (κ2) is 5.60. The third kappa shape index (κ3) is 2.65. The smallest absolute Gasteiger partial charge is 0.312 e. The molecule has 1 aromatic heterocycles. The minimum absolute atomic E-state index is 0.0179. The molecular formula is C14H12O3S. The van der Waals surface area contributed by atoms with Crippen molar-refractivity contribution in [3.05, 3.63) is 46.7 Å². The molecule has 92 valence electrons. The zero-order valence-corrected chi connectivity index (χ0v) is 10.4. The van der Waals surface area contributed by atoms with E-state index in [4.69, 9.17) is 5.11 Å². The molecule has 0 saturated heterocycles. The highest BCUT2D eigenvalue weighted by Gasteiger charge is 2.21. The quantitative estimate of drug-likeness (QED) is 0.840. The van der Waals surface area contributed by atoms with Crippen LogP contribution in [0.3, 0.4) is 0 Å². The molecule has 18 heavy (non-hydrogen) atoms. The zero-order chi connectivity index (χ0) is 13.0. The third-order valence-electron chi connectivity index (χ3n) is 2.70. The van der Waals surface area contributed by atoms with Crippen LogP contribution in [0.25, 0.3) is 11.1 Å². The molecule has 1 heterocycles. The van der Waals surface area contributed by atoms with Crippen LogP contribution in [-0.4, -0.2) is 17.4 Å². The minimum atomic E-state index is -0.955. The molecule has 2 rings (SSSR count). The number of thiophene rings is 1. The topological polar surface area (TPSA) is 54.4 Å². The molecule has 0 bridgehead atoms. The van der Waals surface area contributed by atoms with Gasteiger partial charge in [-0.15, -0.1) is 11.3 Å². The van der Waals surface area contributed by atoms with Crippen LogP contribution >= 0.6 is 11.3 Å². The number of aldehydes is 1. The van der Waals surface area contributed by atoms with E-state index >= 15 is 0 Å².